The Morgan fingerprint density at radius 2 is 1.84 bits per heavy atom. The van der Waals surface area contributed by atoms with Crippen molar-refractivity contribution in [2.75, 3.05) is 20.3 Å². The molecule has 32 heavy (non-hydrogen) atoms. The molecule has 0 saturated carbocycles. The number of benzene rings is 2. The van der Waals surface area contributed by atoms with E-state index in [0.29, 0.717) is 34.9 Å². The number of aliphatic hydroxyl groups is 1. The highest BCUT2D eigenvalue weighted by molar-refractivity contribution is 6.47. The van der Waals surface area contributed by atoms with Crippen molar-refractivity contribution in [3.05, 3.63) is 69.2 Å². The Morgan fingerprint density at radius 1 is 1.12 bits per heavy atom. The Labute approximate surface area is 197 Å². The maximum absolute atomic E-state index is 13.1. The molecule has 3 rings (SSSR count). The normalized spacial score (nSPS) is 17.9. The number of carbonyl (C=O) groups is 2. The van der Waals surface area contributed by atoms with Crippen LogP contribution in [0.25, 0.3) is 5.76 Å². The lowest BCUT2D eigenvalue weighted by Crippen LogP contribution is -2.31. The third-order valence-corrected chi connectivity index (χ3v) is 5.80. The average molecular weight is 478 g/mol. The maximum Gasteiger partial charge on any atom is 0.295 e. The summed E-state index contributed by atoms with van der Waals surface area (Å²) in [5, 5.41) is 11.7. The molecule has 2 aromatic carbocycles. The first-order valence-electron chi connectivity index (χ1n) is 10.2. The molecule has 170 valence electrons. The number of methoxy groups -OCH3 is 1. The fraction of sp³-hybridized carbons (Fsp3) is 0.333. The van der Waals surface area contributed by atoms with Gasteiger partial charge < -0.3 is 19.5 Å². The summed E-state index contributed by atoms with van der Waals surface area (Å²) in [5.74, 6) is -1.24. The van der Waals surface area contributed by atoms with Gasteiger partial charge in [-0.15, -0.1) is 0 Å². The molecular formula is C24H25Cl2NO5. The first kappa shape index (κ1) is 24.1. The number of hydrogen-bond acceptors (Lipinski definition) is 5. The number of rotatable bonds is 8. The maximum atomic E-state index is 13.1. The molecule has 0 spiro atoms. The molecule has 6 nitrogen and oxygen atoms in total. The van der Waals surface area contributed by atoms with Crippen LogP contribution in [-0.2, 0) is 14.3 Å². The van der Waals surface area contributed by atoms with Crippen molar-refractivity contribution in [2.24, 2.45) is 0 Å². The van der Waals surface area contributed by atoms with E-state index in [2.05, 4.69) is 0 Å². The van der Waals surface area contributed by atoms with Crippen LogP contribution in [0.1, 0.15) is 37.4 Å². The molecule has 1 aliphatic rings. The molecule has 0 aliphatic carbocycles. The number of likely N-dealkylation sites (tertiary alicyclic amines) is 1. The van der Waals surface area contributed by atoms with Crippen LogP contribution in [0, 0.1) is 0 Å². The predicted octanol–water partition coefficient (Wildman–Crippen LogP) is 5.24. The van der Waals surface area contributed by atoms with Gasteiger partial charge in [-0.1, -0.05) is 41.4 Å². The summed E-state index contributed by atoms with van der Waals surface area (Å²) < 4.78 is 11.1. The third kappa shape index (κ3) is 4.93. The molecule has 0 bridgehead atoms. The van der Waals surface area contributed by atoms with Gasteiger partial charge in [-0.2, -0.15) is 0 Å². The smallest absolute Gasteiger partial charge is 0.295 e. The molecule has 0 aromatic heterocycles. The zero-order valence-corrected chi connectivity index (χ0v) is 19.6. The fourth-order valence-corrected chi connectivity index (χ4v) is 3.98. The summed E-state index contributed by atoms with van der Waals surface area (Å²) in [7, 11) is 1.57. The van der Waals surface area contributed by atoms with Crippen LogP contribution < -0.4 is 4.74 Å². The Kier molecular flexibility index (Phi) is 7.82. The number of carbonyl (C=O) groups excluding carboxylic acids is 2. The number of amides is 1. The van der Waals surface area contributed by atoms with Crippen molar-refractivity contribution in [3.63, 3.8) is 0 Å². The SMILES string of the molecule is COCCCN1C(=O)C(=O)/C(=C(\O)c2ccc(Cl)c(Cl)c2)C1c1ccccc1OC(C)C. The number of ether oxygens (including phenoxy) is 2. The van der Waals surface area contributed by atoms with Crippen molar-refractivity contribution in [1.29, 1.82) is 0 Å². The van der Waals surface area contributed by atoms with Gasteiger partial charge in [0.15, 0.2) is 0 Å². The predicted molar refractivity (Wildman–Crippen MR) is 124 cm³/mol. The van der Waals surface area contributed by atoms with Crippen LogP contribution >= 0.6 is 23.2 Å². The van der Waals surface area contributed by atoms with Gasteiger partial charge in [0.1, 0.15) is 11.5 Å². The average Bonchev–Trinajstić information content (AvgIpc) is 3.00. The van der Waals surface area contributed by atoms with E-state index in [4.69, 9.17) is 32.7 Å². The number of hydrogen-bond donors (Lipinski definition) is 1. The first-order chi connectivity index (χ1) is 15.3. The van der Waals surface area contributed by atoms with Crippen molar-refractivity contribution in [2.45, 2.75) is 32.4 Å². The van der Waals surface area contributed by atoms with Crippen LogP contribution in [0.2, 0.25) is 10.0 Å². The topological polar surface area (TPSA) is 76.1 Å². The lowest BCUT2D eigenvalue weighted by Gasteiger charge is -2.27. The van der Waals surface area contributed by atoms with Crippen LogP contribution in [-0.4, -0.2) is 48.1 Å². The van der Waals surface area contributed by atoms with Gasteiger partial charge in [0.25, 0.3) is 11.7 Å². The van der Waals surface area contributed by atoms with Crippen molar-refractivity contribution in [3.8, 4) is 5.75 Å². The molecular weight excluding hydrogens is 453 g/mol. The summed E-state index contributed by atoms with van der Waals surface area (Å²) in [5.41, 5.74) is 0.881. The zero-order valence-electron chi connectivity index (χ0n) is 18.1. The van der Waals surface area contributed by atoms with Crippen LogP contribution in [0.5, 0.6) is 5.75 Å². The largest absolute Gasteiger partial charge is 0.507 e. The minimum absolute atomic E-state index is 0.0226. The van der Waals surface area contributed by atoms with Gasteiger partial charge in [0.2, 0.25) is 0 Å². The molecule has 8 heteroatoms. The van der Waals surface area contributed by atoms with Gasteiger partial charge in [-0.25, -0.2) is 0 Å². The molecule has 1 saturated heterocycles. The fourth-order valence-electron chi connectivity index (χ4n) is 3.68. The minimum atomic E-state index is -0.823. The summed E-state index contributed by atoms with van der Waals surface area (Å²) in [6.07, 6.45) is 0.405. The molecule has 1 heterocycles. The van der Waals surface area contributed by atoms with Crippen LogP contribution in [0.4, 0.5) is 0 Å². The number of halogens is 2. The Hall–Kier alpha value is -2.54. The Balaban J connectivity index is 2.19. The second-order valence-electron chi connectivity index (χ2n) is 7.67. The van der Waals surface area contributed by atoms with E-state index >= 15 is 0 Å². The van der Waals surface area contributed by atoms with Crippen molar-refractivity contribution < 1.29 is 24.2 Å². The summed E-state index contributed by atoms with van der Waals surface area (Å²) in [6.45, 7) is 4.48. The van der Waals surface area contributed by atoms with Crippen LogP contribution in [0.15, 0.2) is 48.0 Å². The molecule has 1 atom stereocenters. The van der Waals surface area contributed by atoms with E-state index in [1.807, 2.05) is 19.9 Å². The molecule has 2 aromatic rings. The quantitative estimate of drug-likeness (QED) is 0.243. The van der Waals surface area contributed by atoms with Gasteiger partial charge in [-0.05, 0) is 44.5 Å². The van der Waals surface area contributed by atoms with Crippen LogP contribution in [0.3, 0.4) is 0 Å². The van der Waals surface area contributed by atoms with Gasteiger partial charge in [0.05, 0.1) is 27.8 Å². The zero-order chi connectivity index (χ0) is 23.4. The minimum Gasteiger partial charge on any atom is -0.507 e. The molecule has 1 fully saturated rings. The Bertz CT molecular complexity index is 1050. The third-order valence-electron chi connectivity index (χ3n) is 5.06. The standard InChI is InChI=1S/C24H25Cl2NO5/c1-14(2)32-19-8-5-4-7-16(19)21-20(22(28)15-9-10-17(25)18(26)13-15)23(29)24(30)27(21)11-6-12-31-3/h4-5,7-10,13-14,21,28H,6,11-12H2,1-3H3/b22-20-. The molecule has 1 unspecified atom stereocenters. The van der Waals surface area contributed by atoms with E-state index in [-0.39, 0.29) is 29.0 Å². The number of nitrogens with zero attached hydrogens (tertiary/aromatic N) is 1. The van der Waals surface area contributed by atoms with E-state index < -0.39 is 17.7 Å². The number of aliphatic hydroxyl groups excluding tert-OH is 1. The van der Waals surface area contributed by atoms with E-state index in [1.54, 1.807) is 31.4 Å². The van der Waals surface area contributed by atoms with Gasteiger partial charge >= 0.3 is 0 Å². The lowest BCUT2D eigenvalue weighted by molar-refractivity contribution is -0.140. The summed E-state index contributed by atoms with van der Waals surface area (Å²) in [6, 6.07) is 10.9. The Morgan fingerprint density at radius 3 is 2.50 bits per heavy atom. The highest BCUT2D eigenvalue weighted by atomic mass is 35.5. The number of Topliss-reactive ketones (excluding diaryl/α,β-unsaturated/α-hetero) is 1. The van der Waals surface area contributed by atoms with E-state index in [0.717, 1.165) is 0 Å². The molecule has 1 N–H and O–H groups in total. The molecule has 1 aliphatic heterocycles. The van der Waals surface area contributed by atoms with E-state index in [9.17, 15) is 14.7 Å². The van der Waals surface area contributed by atoms with Crippen molar-refractivity contribution >= 4 is 40.7 Å². The van der Waals surface area contributed by atoms with E-state index in [1.165, 1.54) is 17.0 Å². The summed E-state index contributed by atoms with van der Waals surface area (Å²) in [4.78, 5) is 27.5. The second kappa shape index (κ2) is 10.4. The van der Waals surface area contributed by atoms with Gasteiger partial charge in [0, 0.05) is 31.4 Å². The summed E-state index contributed by atoms with van der Waals surface area (Å²) >= 11 is 12.1. The second-order valence-corrected chi connectivity index (χ2v) is 8.49. The number of ketones is 1. The van der Waals surface area contributed by atoms with Gasteiger partial charge in [-0.3, -0.25) is 9.59 Å². The number of para-hydroxylation sites is 1. The molecule has 0 radical (unpaired) electrons. The highest BCUT2D eigenvalue weighted by Gasteiger charge is 2.46. The monoisotopic (exact) mass is 477 g/mol. The highest BCUT2D eigenvalue weighted by Crippen LogP contribution is 2.43. The van der Waals surface area contributed by atoms with Crippen molar-refractivity contribution in [1.82, 2.24) is 4.90 Å². The molecule has 1 amide bonds. The lowest BCUT2D eigenvalue weighted by atomic mass is 9.94. The first-order valence-corrected chi connectivity index (χ1v) is 11.0.